The van der Waals surface area contributed by atoms with Crippen LogP contribution in [0.3, 0.4) is 0 Å². The number of hydrogen-bond donors (Lipinski definition) is 1. The number of rotatable bonds is 9. The normalized spacial score (nSPS) is 11.2. The predicted octanol–water partition coefficient (Wildman–Crippen LogP) is 4.10. The highest BCUT2D eigenvalue weighted by Gasteiger charge is 2.26. The Morgan fingerprint density at radius 3 is 1.91 bits per heavy atom. The zero-order chi connectivity index (χ0) is 22.6. The molecule has 0 aliphatic rings. The third-order valence-corrected chi connectivity index (χ3v) is 4.94. The molecule has 1 N–H and O–H groups in total. The van der Waals surface area contributed by atoms with Crippen LogP contribution in [0.2, 0.25) is 0 Å². The first-order valence-electron chi connectivity index (χ1n) is 10.5. The van der Waals surface area contributed by atoms with Gasteiger partial charge in [-0.25, -0.2) is 15.2 Å². The summed E-state index contributed by atoms with van der Waals surface area (Å²) in [5.74, 6) is -0.362. The molecular formula is C26H26N2O4. The molecule has 0 radical (unpaired) electrons. The monoisotopic (exact) mass is 430 g/mol. The summed E-state index contributed by atoms with van der Waals surface area (Å²) >= 11 is 0. The minimum absolute atomic E-state index is 0.0587. The van der Waals surface area contributed by atoms with Gasteiger partial charge in [0.2, 0.25) is 5.91 Å². The number of aryl methyl sites for hydroxylation is 1. The Morgan fingerprint density at radius 1 is 0.812 bits per heavy atom. The zero-order valence-corrected chi connectivity index (χ0v) is 17.7. The molecule has 0 aliphatic heterocycles. The Kier molecular flexibility index (Phi) is 8.57. The number of nitrogens with zero attached hydrogens (tertiary/aromatic N) is 1. The van der Waals surface area contributed by atoms with Crippen molar-refractivity contribution < 1.29 is 19.1 Å². The molecule has 6 nitrogen and oxygen atoms in total. The predicted molar refractivity (Wildman–Crippen MR) is 121 cm³/mol. The van der Waals surface area contributed by atoms with Crippen molar-refractivity contribution in [2.45, 2.75) is 31.9 Å². The average molecular weight is 431 g/mol. The molecule has 0 spiro atoms. The van der Waals surface area contributed by atoms with Crippen molar-refractivity contribution in [2.24, 2.45) is 0 Å². The van der Waals surface area contributed by atoms with E-state index in [4.69, 9.17) is 4.74 Å². The van der Waals surface area contributed by atoms with Gasteiger partial charge in [0, 0.05) is 12.8 Å². The number of amides is 2. The fourth-order valence-electron chi connectivity index (χ4n) is 3.26. The van der Waals surface area contributed by atoms with Crippen LogP contribution in [0.4, 0.5) is 4.79 Å². The van der Waals surface area contributed by atoms with E-state index in [9.17, 15) is 14.4 Å². The van der Waals surface area contributed by atoms with Crippen LogP contribution in [0.1, 0.15) is 23.1 Å². The van der Waals surface area contributed by atoms with Gasteiger partial charge < -0.3 is 9.53 Å². The molecule has 3 rings (SSSR count). The lowest BCUT2D eigenvalue weighted by Gasteiger charge is -2.28. The summed E-state index contributed by atoms with van der Waals surface area (Å²) in [5.41, 5.74) is 5.18. The fraction of sp³-hybridized carbons (Fsp3) is 0.192. The molecule has 0 saturated heterocycles. The van der Waals surface area contributed by atoms with Crippen molar-refractivity contribution in [3.05, 3.63) is 108 Å². The van der Waals surface area contributed by atoms with Gasteiger partial charge >= 0.3 is 6.09 Å². The van der Waals surface area contributed by atoms with Crippen LogP contribution in [-0.2, 0) is 33.8 Å². The Bertz CT molecular complexity index is 994. The topological polar surface area (TPSA) is 75.7 Å². The van der Waals surface area contributed by atoms with Crippen molar-refractivity contribution >= 4 is 18.3 Å². The van der Waals surface area contributed by atoms with Crippen LogP contribution in [0, 0.1) is 0 Å². The summed E-state index contributed by atoms with van der Waals surface area (Å²) in [6.07, 6.45) is 0.795. The maximum absolute atomic E-state index is 13.0. The second kappa shape index (κ2) is 12.1. The minimum Gasteiger partial charge on any atom is -0.443 e. The molecule has 0 unspecified atom stereocenters. The molecule has 0 aliphatic carbocycles. The fourth-order valence-corrected chi connectivity index (χ4v) is 3.26. The lowest BCUT2D eigenvalue weighted by atomic mass is 10.1. The van der Waals surface area contributed by atoms with Gasteiger partial charge in [-0.3, -0.25) is 4.79 Å². The molecule has 164 valence electrons. The maximum Gasteiger partial charge on any atom is 0.426 e. The molecule has 3 aromatic carbocycles. The van der Waals surface area contributed by atoms with E-state index in [2.05, 4.69) is 5.43 Å². The first kappa shape index (κ1) is 22.7. The molecule has 32 heavy (non-hydrogen) atoms. The molecule has 6 heteroatoms. The smallest absolute Gasteiger partial charge is 0.426 e. The molecule has 0 saturated carbocycles. The Labute approximate surface area is 187 Å². The second-order valence-electron chi connectivity index (χ2n) is 7.32. The number of carbonyl (C=O) groups is 3. The number of ether oxygens (including phenoxy) is 1. The number of nitrogens with one attached hydrogen (secondary N) is 1. The maximum atomic E-state index is 13.0. The summed E-state index contributed by atoms with van der Waals surface area (Å²) in [6, 6.07) is 27.3. The number of benzene rings is 3. The largest absolute Gasteiger partial charge is 0.443 e. The van der Waals surface area contributed by atoms with Crippen LogP contribution in [-0.4, -0.2) is 29.3 Å². The summed E-state index contributed by atoms with van der Waals surface area (Å²) in [4.78, 5) is 37.4. The van der Waals surface area contributed by atoms with E-state index in [1.807, 2.05) is 91.0 Å². The average Bonchev–Trinajstić information content (AvgIpc) is 2.85. The van der Waals surface area contributed by atoms with Crippen LogP contribution >= 0.6 is 0 Å². The van der Waals surface area contributed by atoms with Gasteiger partial charge in [0.15, 0.2) is 0 Å². The first-order chi connectivity index (χ1) is 15.7. The molecule has 1 atom stereocenters. The Hall–Kier alpha value is -3.93. The van der Waals surface area contributed by atoms with Crippen molar-refractivity contribution in [3.8, 4) is 0 Å². The van der Waals surface area contributed by atoms with Gasteiger partial charge in [0.05, 0.1) is 0 Å². The van der Waals surface area contributed by atoms with Gasteiger partial charge in [-0.2, -0.15) is 0 Å². The molecule has 0 fully saturated rings. The van der Waals surface area contributed by atoms with Gasteiger partial charge in [0.25, 0.3) is 0 Å². The molecule has 0 bridgehead atoms. The van der Waals surface area contributed by atoms with Gasteiger partial charge in [-0.1, -0.05) is 91.0 Å². The van der Waals surface area contributed by atoms with E-state index >= 15 is 0 Å². The highest BCUT2D eigenvalue weighted by Crippen LogP contribution is 2.11. The van der Waals surface area contributed by atoms with Crippen LogP contribution < -0.4 is 5.43 Å². The highest BCUT2D eigenvalue weighted by atomic mass is 16.6. The van der Waals surface area contributed by atoms with Gasteiger partial charge in [0.1, 0.15) is 18.9 Å². The van der Waals surface area contributed by atoms with Crippen LogP contribution in [0.5, 0.6) is 0 Å². The lowest BCUT2D eigenvalue weighted by molar-refractivity contribution is -0.139. The lowest BCUT2D eigenvalue weighted by Crippen LogP contribution is -2.53. The van der Waals surface area contributed by atoms with Gasteiger partial charge in [-0.05, 0) is 23.1 Å². The van der Waals surface area contributed by atoms with Crippen molar-refractivity contribution in [1.29, 1.82) is 0 Å². The minimum atomic E-state index is -0.857. The summed E-state index contributed by atoms with van der Waals surface area (Å²) in [6.45, 7) is 0.0587. The number of aldehydes is 1. The van der Waals surface area contributed by atoms with Crippen molar-refractivity contribution in [3.63, 3.8) is 0 Å². The summed E-state index contributed by atoms with van der Waals surface area (Å²) in [5, 5.41) is 1.09. The number of hydrazine groups is 1. The molecule has 2 amide bonds. The summed E-state index contributed by atoms with van der Waals surface area (Å²) in [7, 11) is 0. The molecule has 3 aromatic rings. The van der Waals surface area contributed by atoms with E-state index in [1.165, 1.54) is 0 Å². The van der Waals surface area contributed by atoms with Crippen LogP contribution in [0.25, 0.3) is 0 Å². The van der Waals surface area contributed by atoms with Crippen molar-refractivity contribution in [1.82, 2.24) is 10.4 Å². The first-order valence-corrected chi connectivity index (χ1v) is 10.5. The third kappa shape index (κ3) is 7.09. The standard InChI is InChI=1S/C26H26N2O4/c29-19-24(18-22-12-6-2-7-13-22)28(25(30)17-16-21-10-4-1-5-11-21)27-26(31)32-20-23-14-8-3-9-15-23/h1-15,19,24H,16-18,20H2,(H,27,31)/t24-/m0/s1. The quantitative estimate of drug-likeness (QED) is 0.410. The summed E-state index contributed by atoms with van der Waals surface area (Å²) < 4.78 is 5.26. The van der Waals surface area contributed by atoms with E-state index < -0.39 is 12.1 Å². The SMILES string of the molecule is O=C[C@H](Cc1ccccc1)N(NC(=O)OCc1ccccc1)C(=O)CCc1ccccc1. The highest BCUT2D eigenvalue weighted by molar-refractivity contribution is 5.82. The van der Waals surface area contributed by atoms with E-state index in [-0.39, 0.29) is 25.4 Å². The van der Waals surface area contributed by atoms with E-state index in [1.54, 1.807) is 0 Å². The molecular weight excluding hydrogens is 404 g/mol. The van der Waals surface area contributed by atoms with Gasteiger partial charge in [-0.15, -0.1) is 0 Å². The molecule has 0 heterocycles. The van der Waals surface area contributed by atoms with Crippen molar-refractivity contribution in [2.75, 3.05) is 0 Å². The second-order valence-corrected chi connectivity index (χ2v) is 7.32. The van der Waals surface area contributed by atoms with E-state index in [0.29, 0.717) is 12.7 Å². The number of carbonyl (C=O) groups excluding carboxylic acids is 3. The van der Waals surface area contributed by atoms with Crippen LogP contribution in [0.15, 0.2) is 91.0 Å². The third-order valence-electron chi connectivity index (χ3n) is 4.94. The molecule has 0 aromatic heterocycles. The zero-order valence-electron chi connectivity index (χ0n) is 17.7. The Morgan fingerprint density at radius 2 is 1.34 bits per heavy atom. The number of hydrogen-bond acceptors (Lipinski definition) is 4. The Balaban J connectivity index is 1.68. The van der Waals surface area contributed by atoms with E-state index in [0.717, 1.165) is 21.7 Å².